The molecule has 0 aliphatic heterocycles. The molecular formula is C20H12Cl2N2O3S. The second kappa shape index (κ2) is 7.75. The van der Waals surface area contributed by atoms with Gasteiger partial charge in [-0.25, -0.2) is 4.98 Å². The third-order valence-electron chi connectivity index (χ3n) is 4.00. The van der Waals surface area contributed by atoms with Crippen molar-refractivity contribution in [2.45, 2.75) is 6.54 Å². The first kappa shape index (κ1) is 18.7. The fourth-order valence-electron chi connectivity index (χ4n) is 2.63. The fraction of sp³-hybridized carbons (Fsp3) is 0.0500. The Kier molecular flexibility index (Phi) is 5.17. The highest BCUT2D eigenvalue weighted by Gasteiger charge is 2.13. The highest BCUT2D eigenvalue weighted by atomic mass is 35.5. The molecule has 2 aromatic carbocycles. The summed E-state index contributed by atoms with van der Waals surface area (Å²) in [5, 5.41) is 6.77. The maximum atomic E-state index is 12.4. The van der Waals surface area contributed by atoms with Crippen LogP contribution in [0.4, 0.5) is 0 Å². The second-order valence-electron chi connectivity index (χ2n) is 5.93. The fourth-order valence-corrected chi connectivity index (χ4v) is 3.67. The Hall–Kier alpha value is -2.67. The number of nitrogens with zero attached hydrogens (tertiary/aromatic N) is 1. The normalized spacial score (nSPS) is 10.9. The summed E-state index contributed by atoms with van der Waals surface area (Å²) in [4.78, 5) is 29.1. The minimum absolute atomic E-state index is 0.0608. The largest absolute Gasteiger partial charge is 0.451 e. The van der Waals surface area contributed by atoms with E-state index in [-0.39, 0.29) is 17.7 Å². The number of carbonyl (C=O) groups is 1. The lowest BCUT2D eigenvalue weighted by Crippen LogP contribution is -2.23. The molecule has 5 nitrogen and oxygen atoms in total. The summed E-state index contributed by atoms with van der Waals surface area (Å²) in [5.41, 5.74) is 1.73. The van der Waals surface area contributed by atoms with Gasteiger partial charge in [0, 0.05) is 27.1 Å². The highest BCUT2D eigenvalue weighted by Crippen LogP contribution is 2.23. The van der Waals surface area contributed by atoms with Gasteiger partial charge in [0.15, 0.2) is 11.2 Å². The van der Waals surface area contributed by atoms with E-state index in [2.05, 4.69) is 10.3 Å². The predicted molar refractivity (Wildman–Crippen MR) is 111 cm³/mol. The second-order valence-corrected chi connectivity index (χ2v) is 7.75. The molecule has 2 aromatic heterocycles. The van der Waals surface area contributed by atoms with Gasteiger partial charge in [0.05, 0.1) is 17.6 Å². The Morgan fingerprint density at radius 1 is 1.07 bits per heavy atom. The smallest absolute Gasteiger partial charge is 0.287 e. The summed E-state index contributed by atoms with van der Waals surface area (Å²) in [6, 6.07) is 13.2. The Balaban J connectivity index is 1.49. The van der Waals surface area contributed by atoms with Crippen molar-refractivity contribution in [2.24, 2.45) is 0 Å². The molecule has 0 saturated carbocycles. The van der Waals surface area contributed by atoms with Gasteiger partial charge in [0.2, 0.25) is 0 Å². The van der Waals surface area contributed by atoms with E-state index in [0.717, 1.165) is 22.3 Å². The molecule has 0 fully saturated rings. The summed E-state index contributed by atoms with van der Waals surface area (Å²) in [7, 11) is 0. The van der Waals surface area contributed by atoms with Crippen molar-refractivity contribution in [3.63, 3.8) is 0 Å². The molecule has 0 unspecified atom stereocenters. The van der Waals surface area contributed by atoms with E-state index in [1.54, 1.807) is 24.3 Å². The summed E-state index contributed by atoms with van der Waals surface area (Å²) < 4.78 is 5.53. The number of halogens is 2. The Bertz CT molecular complexity index is 1230. The van der Waals surface area contributed by atoms with Crippen molar-refractivity contribution in [3.8, 4) is 11.3 Å². The van der Waals surface area contributed by atoms with Gasteiger partial charge in [-0.05, 0) is 30.3 Å². The van der Waals surface area contributed by atoms with Crippen molar-refractivity contribution in [2.75, 3.05) is 0 Å². The SMILES string of the molecule is O=C(NCc1nc(-c2ccc(Cl)cc2)cs1)c1cc(=O)c2cc(Cl)ccc2o1. The Morgan fingerprint density at radius 2 is 1.82 bits per heavy atom. The standard InChI is InChI=1S/C20H12Cl2N2O3S/c21-12-3-1-11(2-4-12)15-10-28-19(24-15)9-23-20(26)18-8-16(25)14-7-13(22)5-6-17(14)27-18/h1-8,10H,9H2,(H,23,26). The molecule has 0 radical (unpaired) electrons. The van der Waals surface area contributed by atoms with Crippen LogP contribution in [0.2, 0.25) is 10.0 Å². The number of hydrogen-bond acceptors (Lipinski definition) is 5. The molecule has 8 heteroatoms. The first-order valence-corrected chi connectivity index (χ1v) is 9.85. The van der Waals surface area contributed by atoms with Gasteiger partial charge in [-0.3, -0.25) is 9.59 Å². The quantitative estimate of drug-likeness (QED) is 0.485. The van der Waals surface area contributed by atoms with Gasteiger partial charge in [-0.15, -0.1) is 11.3 Å². The Labute approximate surface area is 173 Å². The lowest BCUT2D eigenvalue weighted by atomic mass is 10.2. The van der Waals surface area contributed by atoms with Crippen molar-refractivity contribution in [1.29, 1.82) is 0 Å². The number of nitrogens with one attached hydrogen (secondary N) is 1. The van der Waals surface area contributed by atoms with Crippen LogP contribution in [0.3, 0.4) is 0 Å². The van der Waals surface area contributed by atoms with Gasteiger partial charge in [-0.1, -0.05) is 35.3 Å². The number of carbonyl (C=O) groups excluding carboxylic acids is 1. The molecule has 140 valence electrons. The zero-order valence-corrected chi connectivity index (χ0v) is 16.6. The maximum absolute atomic E-state index is 12.4. The number of benzene rings is 2. The predicted octanol–water partition coefficient (Wildman–Crippen LogP) is 5.15. The van der Waals surface area contributed by atoms with Crippen LogP contribution in [0.1, 0.15) is 15.6 Å². The Morgan fingerprint density at radius 3 is 2.61 bits per heavy atom. The van der Waals surface area contributed by atoms with Crippen LogP contribution < -0.4 is 10.7 Å². The molecule has 0 atom stereocenters. The van der Waals surface area contributed by atoms with Crippen LogP contribution in [0, 0.1) is 0 Å². The number of thiazole rings is 1. The third-order valence-corrected chi connectivity index (χ3v) is 5.34. The van der Waals surface area contributed by atoms with E-state index in [1.807, 2.05) is 17.5 Å². The van der Waals surface area contributed by atoms with E-state index < -0.39 is 5.91 Å². The zero-order chi connectivity index (χ0) is 19.7. The molecule has 1 amide bonds. The van der Waals surface area contributed by atoms with Crippen LogP contribution in [-0.4, -0.2) is 10.9 Å². The summed E-state index contributed by atoms with van der Waals surface area (Å²) in [5.74, 6) is -0.550. The molecule has 0 saturated heterocycles. The molecule has 4 rings (SSSR count). The monoisotopic (exact) mass is 430 g/mol. The van der Waals surface area contributed by atoms with Gasteiger partial charge in [0.25, 0.3) is 5.91 Å². The summed E-state index contributed by atoms with van der Waals surface area (Å²) in [6.45, 7) is 0.222. The topological polar surface area (TPSA) is 72.2 Å². The lowest BCUT2D eigenvalue weighted by molar-refractivity contribution is 0.0923. The molecule has 0 aliphatic rings. The summed E-state index contributed by atoms with van der Waals surface area (Å²) >= 11 is 13.2. The molecule has 0 spiro atoms. The van der Waals surface area contributed by atoms with E-state index in [4.69, 9.17) is 27.6 Å². The van der Waals surface area contributed by atoms with E-state index >= 15 is 0 Å². The molecule has 1 N–H and O–H groups in total. The minimum atomic E-state index is -0.489. The highest BCUT2D eigenvalue weighted by molar-refractivity contribution is 7.09. The molecule has 4 aromatic rings. The maximum Gasteiger partial charge on any atom is 0.287 e. The minimum Gasteiger partial charge on any atom is -0.451 e. The van der Waals surface area contributed by atoms with Crippen LogP contribution in [0.25, 0.3) is 22.2 Å². The van der Waals surface area contributed by atoms with Crippen molar-refractivity contribution in [3.05, 3.63) is 84.9 Å². The number of fused-ring (bicyclic) bond motifs is 1. The van der Waals surface area contributed by atoms with Gasteiger partial charge >= 0.3 is 0 Å². The third kappa shape index (κ3) is 3.94. The van der Waals surface area contributed by atoms with E-state index in [0.29, 0.717) is 21.0 Å². The molecular weight excluding hydrogens is 419 g/mol. The summed E-state index contributed by atoms with van der Waals surface area (Å²) in [6.07, 6.45) is 0. The van der Waals surface area contributed by atoms with Crippen LogP contribution in [0.5, 0.6) is 0 Å². The lowest BCUT2D eigenvalue weighted by Gasteiger charge is -2.04. The van der Waals surface area contributed by atoms with Gasteiger partial charge < -0.3 is 9.73 Å². The number of rotatable bonds is 4. The van der Waals surface area contributed by atoms with Crippen molar-refractivity contribution >= 4 is 51.4 Å². The van der Waals surface area contributed by atoms with Crippen LogP contribution >= 0.6 is 34.5 Å². The number of hydrogen-bond donors (Lipinski definition) is 1. The van der Waals surface area contributed by atoms with Crippen molar-refractivity contribution < 1.29 is 9.21 Å². The van der Waals surface area contributed by atoms with Crippen LogP contribution in [-0.2, 0) is 6.54 Å². The van der Waals surface area contributed by atoms with Crippen molar-refractivity contribution in [1.82, 2.24) is 10.3 Å². The van der Waals surface area contributed by atoms with E-state index in [1.165, 1.54) is 17.4 Å². The molecule has 0 aliphatic carbocycles. The first-order chi connectivity index (χ1) is 13.5. The average Bonchev–Trinajstić information content (AvgIpc) is 3.16. The number of amides is 1. The number of aromatic nitrogens is 1. The van der Waals surface area contributed by atoms with Crippen LogP contribution in [0.15, 0.2) is 63.1 Å². The molecule has 28 heavy (non-hydrogen) atoms. The average molecular weight is 431 g/mol. The molecule has 2 heterocycles. The first-order valence-electron chi connectivity index (χ1n) is 8.21. The zero-order valence-electron chi connectivity index (χ0n) is 14.2. The molecule has 0 bridgehead atoms. The van der Waals surface area contributed by atoms with Gasteiger partial charge in [0.1, 0.15) is 10.6 Å². The van der Waals surface area contributed by atoms with E-state index in [9.17, 15) is 9.59 Å². The van der Waals surface area contributed by atoms with Gasteiger partial charge in [-0.2, -0.15) is 0 Å².